The van der Waals surface area contributed by atoms with Crippen LogP contribution < -0.4 is 4.72 Å². The second kappa shape index (κ2) is 7.66. The molecule has 0 fully saturated rings. The van der Waals surface area contributed by atoms with E-state index in [-0.39, 0.29) is 21.9 Å². The molecule has 1 aromatic carbocycles. The summed E-state index contributed by atoms with van der Waals surface area (Å²) in [5, 5.41) is 17.8. The van der Waals surface area contributed by atoms with Crippen LogP contribution in [-0.4, -0.2) is 37.5 Å². The molecule has 0 aliphatic heterocycles. The van der Waals surface area contributed by atoms with Gasteiger partial charge < -0.3 is 5.11 Å². The average Bonchev–Trinajstić information content (AvgIpc) is 2.43. The third-order valence-corrected chi connectivity index (χ3v) is 5.00. The molecule has 114 valence electrons. The predicted molar refractivity (Wildman–Crippen MR) is 80.9 cm³/mol. The van der Waals surface area contributed by atoms with Crippen LogP contribution in [0.15, 0.2) is 23.1 Å². The van der Waals surface area contributed by atoms with E-state index in [2.05, 4.69) is 4.72 Å². The number of sulfonamides is 1. The first-order valence-corrected chi connectivity index (χ1v) is 9.01. The van der Waals surface area contributed by atoms with E-state index in [0.717, 1.165) is 6.07 Å². The highest BCUT2D eigenvalue weighted by Crippen LogP contribution is 2.20. The van der Waals surface area contributed by atoms with Crippen LogP contribution in [0.25, 0.3) is 0 Å². The van der Waals surface area contributed by atoms with E-state index in [4.69, 9.17) is 22.0 Å². The van der Waals surface area contributed by atoms with Crippen molar-refractivity contribution in [3.8, 4) is 6.07 Å². The maximum atomic E-state index is 12.1. The number of halogens is 1. The first-order chi connectivity index (χ1) is 9.81. The first-order valence-electron chi connectivity index (χ1n) is 5.75. The van der Waals surface area contributed by atoms with Gasteiger partial charge in [0, 0.05) is 0 Å². The molecule has 2 N–H and O–H groups in total. The number of nitrogens with zero attached hydrogens (tertiary/aromatic N) is 1. The Morgan fingerprint density at radius 2 is 2.24 bits per heavy atom. The van der Waals surface area contributed by atoms with Crippen LogP contribution in [0.3, 0.4) is 0 Å². The predicted octanol–water partition coefficient (Wildman–Crippen LogP) is 1.70. The first kappa shape index (κ1) is 17.8. The molecule has 6 nitrogen and oxygen atoms in total. The second-order valence-electron chi connectivity index (χ2n) is 4.05. The quantitative estimate of drug-likeness (QED) is 0.776. The molecule has 0 saturated carbocycles. The average molecular weight is 349 g/mol. The van der Waals surface area contributed by atoms with E-state index >= 15 is 0 Å². The minimum atomic E-state index is -4.02. The minimum absolute atomic E-state index is 0.00337. The molecular weight excluding hydrogens is 336 g/mol. The molecule has 1 atom stereocenters. The number of carbonyl (C=O) groups is 1. The Hall–Kier alpha value is -1.27. The van der Waals surface area contributed by atoms with Crippen LogP contribution in [0.1, 0.15) is 12.0 Å². The third kappa shape index (κ3) is 4.89. The number of hydrogen-bond acceptors (Lipinski definition) is 5. The van der Waals surface area contributed by atoms with Gasteiger partial charge in [-0.1, -0.05) is 11.6 Å². The lowest BCUT2D eigenvalue weighted by atomic mass is 10.2. The van der Waals surface area contributed by atoms with Crippen LogP contribution in [0, 0.1) is 11.3 Å². The Bertz CT molecular complexity index is 670. The molecular formula is C12H13ClN2O4S2. The molecule has 0 aliphatic carbocycles. The summed E-state index contributed by atoms with van der Waals surface area (Å²) >= 11 is 7.21. The minimum Gasteiger partial charge on any atom is -0.480 e. The van der Waals surface area contributed by atoms with E-state index in [1.54, 1.807) is 6.26 Å². The Balaban J connectivity index is 3.02. The van der Waals surface area contributed by atoms with Gasteiger partial charge in [-0.15, -0.1) is 0 Å². The molecule has 1 unspecified atom stereocenters. The van der Waals surface area contributed by atoms with Crippen molar-refractivity contribution in [3.63, 3.8) is 0 Å². The van der Waals surface area contributed by atoms with Crippen molar-refractivity contribution in [3.05, 3.63) is 28.8 Å². The van der Waals surface area contributed by atoms with Gasteiger partial charge in [0.25, 0.3) is 0 Å². The summed E-state index contributed by atoms with van der Waals surface area (Å²) in [6.45, 7) is 0. The molecule has 1 aromatic rings. The highest BCUT2D eigenvalue weighted by molar-refractivity contribution is 7.98. The lowest BCUT2D eigenvalue weighted by Crippen LogP contribution is -2.41. The normalized spacial score (nSPS) is 12.6. The second-order valence-corrected chi connectivity index (χ2v) is 7.15. The fourth-order valence-electron chi connectivity index (χ4n) is 1.48. The molecule has 0 spiro atoms. The van der Waals surface area contributed by atoms with E-state index < -0.39 is 22.0 Å². The largest absolute Gasteiger partial charge is 0.480 e. The van der Waals surface area contributed by atoms with Gasteiger partial charge in [-0.2, -0.15) is 21.7 Å². The number of aliphatic carboxylic acids is 1. The molecule has 0 aliphatic rings. The Kier molecular flexibility index (Phi) is 6.48. The number of benzene rings is 1. The molecule has 0 bridgehead atoms. The maximum absolute atomic E-state index is 12.1. The summed E-state index contributed by atoms with van der Waals surface area (Å²) in [5.74, 6) is -0.736. The van der Waals surface area contributed by atoms with E-state index in [1.807, 2.05) is 6.07 Å². The third-order valence-electron chi connectivity index (χ3n) is 2.58. The van der Waals surface area contributed by atoms with E-state index in [0.29, 0.717) is 5.75 Å². The summed E-state index contributed by atoms with van der Waals surface area (Å²) in [6, 6.07) is 4.21. The summed E-state index contributed by atoms with van der Waals surface area (Å²) in [7, 11) is -4.02. The van der Waals surface area contributed by atoms with Gasteiger partial charge in [0.15, 0.2) is 0 Å². The van der Waals surface area contributed by atoms with Crippen LogP contribution in [0.5, 0.6) is 0 Å². The Morgan fingerprint density at radius 3 is 2.71 bits per heavy atom. The highest BCUT2D eigenvalue weighted by Gasteiger charge is 2.25. The van der Waals surface area contributed by atoms with Gasteiger partial charge in [0.1, 0.15) is 12.1 Å². The lowest BCUT2D eigenvalue weighted by molar-refractivity contribution is -0.139. The van der Waals surface area contributed by atoms with Crippen molar-refractivity contribution in [2.75, 3.05) is 12.0 Å². The van der Waals surface area contributed by atoms with Gasteiger partial charge in [0.2, 0.25) is 10.0 Å². The molecule has 0 aromatic heterocycles. The number of rotatable bonds is 7. The maximum Gasteiger partial charge on any atom is 0.321 e. The molecule has 9 heteroatoms. The standard InChI is InChI=1S/C12H13ClN2O4S2/c1-20-5-4-11(12(16)17)15-21(18,19)9-3-2-8(7-14)10(13)6-9/h2-3,6,11,15H,4-5H2,1H3,(H,16,17). The molecule has 0 amide bonds. The van der Waals surface area contributed by atoms with Crippen LogP contribution in [-0.2, 0) is 14.8 Å². The van der Waals surface area contributed by atoms with Crippen molar-refractivity contribution < 1.29 is 18.3 Å². The number of hydrogen-bond donors (Lipinski definition) is 2. The van der Waals surface area contributed by atoms with E-state index in [9.17, 15) is 13.2 Å². The molecule has 0 radical (unpaired) electrons. The van der Waals surface area contributed by atoms with Crippen LogP contribution in [0.4, 0.5) is 0 Å². The number of thioether (sulfide) groups is 1. The summed E-state index contributed by atoms with van der Waals surface area (Å²) < 4.78 is 26.4. The molecule has 1 rings (SSSR count). The number of carboxylic acids is 1. The fourth-order valence-corrected chi connectivity index (χ4v) is 3.49. The van der Waals surface area contributed by atoms with E-state index in [1.165, 1.54) is 23.9 Å². The number of carboxylic acid groups (broad SMARTS) is 1. The van der Waals surface area contributed by atoms with Crippen LogP contribution in [0.2, 0.25) is 5.02 Å². The van der Waals surface area contributed by atoms with Crippen molar-refractivity contribution >= 4 is 39.4 Å². The smallest absolute Gasteiger partial charge is 0.321 e. The highest BCUT2D eigenvalue weighted by atomic mass is 35.5. The zero-order valence-corrected chi connectivity index (χ0v) is 13.4. The van der Waals surface area contributed by atoms with Crippen LogP contribution >= 0.6 is 23.4 Å². The summed E-state index contributed by atoms with van der Waals surface area (Å²) in [4.78, 5) is 10.9. The Morgan fingerprint density at radius 1 is 1.57 bits per heavy atom. The topological polar surface area (TPSA) is 107 Å². The van der Waals surface area contributed by atoms with Gasteiger partial charge >= 0.3 is 5.97 Å². The van der Waals surface area contributed by atoms with Gasteiger partial charge in [0.05, 0.1) is 15.5 Å². The zero-order chi connectivity index (χ0) is 16.0. The van der Waals surface area contributed by atoms with Crippen molar-refractivity contribution in [2.45, 2.75) is 17.4 Å². The molecule has 0 heterocycles. The number of nitrogens with one attached hydrogen (secondary N) is 1. The summed E-state index contributed by atoms with van der Waals surface area (Å²) in [5.41, 5.74) is 0.146. The van der Waals surface area contributed by atoms with Gasteiger partial charge in [-0.3, -0.25) is 4.79 Å². The van der Waals surface area contributed by atoms with Crippen molar-refractivity contribution in [1.82, 2.24) is 4.72 Å². The number of nitriles is 1. The molecule has 0 saturated heterocycles. The molecule has 21 heavy (non-hydrogen) atoms. The SMILES string of the molecule is CSCCC(NS(=O)(=O)c1ccc(C#N)c(Cl)c1)C(=O)O. The van der Waals surface area contributed by atoms with Crippen molar-refractivity contribution in [1.29, 1.82) is 5.26 Å². The van der Waals surface area contributed by atoms with Crippen molar-refractivity contribution in [2.24, 2.45) is 0 Å². The fraction of sp³-hybridized carbons (Fsp3) is 0.333. The lowest BCUT2D eigenvalue weighted by Gasteiger charge is -2.14. The Labute approximate surface area is 132 Å². The summed E-state index contributed by atoms with van der Waals surface area (Å²) in [6.07, 6.45) is 1.97. The van der Waals surface area contributed by atoms with Gasteiger partial charge in [-0.25, -0.2) is 8.42 Å². The zero-order valence-electron chi connectivity index (χ0n) is 11.0. The van der Waals surface area contributed by atoms with Gasteiger partial charge in [-0.05, 0) is 36.6 Å². The monoisotopic (exact) mass is 348 g/mol.